The van der Waals surface area contributed by atoms with Gasteiger partial charge in [0.1, 0.15) is 0 Å². The number of nitrogens with zero attached hydrogens (tertiary/aromatic N) is 1. The Labute approximate surface area is 113 Å². The van der Waals surface area contributed by atoms with Crippen molar-refractivity contribution in [1.82, 2.24) is 4.90 Å². The zero-order chi connectivity index (χ0) is 12.8. The molecule has 1 aromatic carbocycles. The summed E-state index contributed by atoms with van der Waals surface area (Å²) in [6.07, 6.45) is 1.09. The molecule has 1 aromatic rings. The van der Waals surface area contributed by atoms with Crippen molar-refractivity contribution in [2.75, 3.05) is 13.6 Å². The summed E-state index contributed by atoms with van der Waals surface area (Å²) in [5.74, 6) is 0.672. The van der Waals surface area contributed by atoms with Gasteiger partial charge in [0, 0.05) is 23.6 Å². The minimum absolute atomic E-state index is 0.274. The largest absolute Gasteiger partial charge is 0.327 e. The van der Waals surface area contributed by atoms with Gasteiger partial charge in [-0.2, -0.15) is 0 Å². The molecule has 0 aliphatic heterocycles. The van der Waals surface area contributed by atoms with Crippen molar-refractivity contribution in [3.05, 3.63) is 34.3 Å². The summed E-state index contributed by atoms with van der Waals surface area (Å²) in [5.41, 5.74) is 7.43. The van der Waals surface area contributed by atoms with Gasteiger partial charge in [0.25, 0.3) is 0 Å². The maximum absolute atomic E-state index is 6.10. The molecule has 3 heteroatoms. The Kier molecular flexibility index (Phi) is 6.17. The average molecular weight is 299 g/mol. The average Bonchev–Trinajstić information content (AvgIpc) is 2.19. The van der Waals surface area contributed by atoms with E-state index in [4.69, 9.17) is 5.73 Å². The predicted octanol–water partition coefficient (Wildman–Crippen LogP) is 3.25. The Bertz CT molecular complexity index is 321. The third-order valence-electron chi connectivity index (χ3n) is 2.69. The van der Waals surface area contributed by atoms with Crippen molar-refractivity contribution < 1.29 is 0 Å². The van der Waals surface area contributed by atoms with Crippen LogP contribution in [0.3, 0.4) is 0 Å². The van der Waals surface area contributed by atoms with Gasteiger partial charge in [0.2, 0.25) is 0 Å². The smallest absolute Gasteiger partial charge is 0.0231 e. The van der Waals surface area contributed by atoms with Crippen LogP contribution in [-0.4, -0.2) is 24.5 Å². The summed E-state index contributed by atoms with van der Waals surface area (Å²) in [6.45, 7) is 6.34. The Hall–Kier alpha value is -0.380. The molecule has 2 N–H and O–H groups in total. The summed E-state index contributed by atoms with van der Waals surface area (Å²) in [6, 6.07) is 8.73. The fraction of sp³-hybridized carbons (Fsp3) is 0.571. The van der Waals surface area contributed by atoms with Gasteiger partial charge in [-0.15, -0.1) is 0 Å². The lowest BCUT2D eigenvalue weighted by Gasteiger charge is -2.22. The zero-order valence-corrected chi connectivity index (χ0v) is 12.6. The van der Waals surface area contributed by atoms with E-state index in [1.807, 2.05) is 0 Å². The number of rotatable bonds is 6. The highest BCUT2D eigenvalue weighted by Crippen LogP contribution is 2.12. The maximum atomic E-state index is 6.10. The lowest BCUT2D eigenvalue weighted by atomic mass is 10.0. The Morgan fingerprint density at radius 1 is 1.24 bits per heavy atom. The van der Waals surface area contributed by atoms with Crippen LogP contribution in [0.15, 0.2) is 28.7 Å². The number of hydrogen-bond acceptors (Lipinski definition) is 2. The molecule has 0 saturated heterocycles. The molecule has 1 atom stereocenters. The SMILES string of the molecule is CC(C)CC(N)CN(C)Cc1ccc(Br)cc1. The van der Waals surface area contributed by atoms with E-state index in [9.17, 15) is 0 Å². The fourth-order valence-corrected chi connectivity index (χ4v) is 2.31. The minimum atomic E-state index is 0.274. The fourth-order valence-electron chi connectivity index (χ4n) is 2.05. The highest BCUT2D eigenvalue weighted by atomic mass is 79.9. The van der Waals surface area contributed by atoms with E-state index in [1.165, 1.54) is 5.56 Å². The second-order valence-corrected chi connectivity index (χ2v) is 6.13. The highest BCUT2D eigenvalue weighted by Gasteiger charge is 2.09. The molecule has 0 aliphatic rings. The molecule has 0 heterocycles. The Morgan fingerprint density at radius 3 is 2.35 bits per heavy atom. The standard InChI is InChI=1S/C14H23BrN2/c1-11(2)8-14(16)10-17(3)9-12-4-6-13(15)7-5-12/h4-7,11,14H,8-10,16H2,1-3H3. The normalized spacial score (nSPS) is 13.4. The van der Waals surface area contributed by atoms with Gasteiger partial charge >= 0.3 is 0 Å². The van der Waals surface area contributed by atoms with Crippen molar-refractivity contribution >= 4 is 15.9 Å². The molecular weight excluding hydrogens is 276 g/mol. The first kappa shape index (κ1) is 14.7. The summed E-state index contributed by atoms with van der Waals surface area (Å²) in [5, 5.41) is 0. The first-order chi connectivity index (χ1) is 7.97. The molecule has 0 radical (unpaired) electrons. The number of hydrogen-bond donors (Lipinski definition) is 1. The van der Waals surface area contributed by atoms with E-state index in [0.29, 0.717) is 5.92 Å². The number of likely N-dealkylation sites (N-methyl/N-ethyl adjacent to an activating group) is 1. The summed E-state index contributed by atoms with van der Waals surface area (Å²) in [4.78, 5) is 2.29. The van der Waals surface area contributed by atoms with E-state index < -0.39 is 0 Å². The summed E-state index contributed by atoms with van der Waals surface area (Å²) < 4.78 is 1.13. The van der Waals surface area contributed by atoms with Crippen LogP contribution in [-0.2, 0) is 6.54 Å². The van der Waals surface area contributed by atoms with Crippen LogP contribution in [0, 0.1) is 5.92 Å². The molecule has 2 nitrogen and oxygen atoms in total. The predicted molar refractivity (Wildman–Crippen MR) is 77.9 cm³/mol. The number of halogens is 1. The van der Waals surface area contributed by atoms with Crippen molar-refractivity contribution in [2.45, 2.75) is 32.9 Å². The third-order valence-corrected chi connectivity index (χ3v) is 3.21. The van der Waals surface area contributed by atoms with Crippen LogP contribution >= 0.6 is 15.9 Å². The first-order valence-electron chi connectivity index (χ1n) is 6.16. The van der Waals surface area contributed by atoms with E-state index in [1.54, 1.807) is 0 Å². The molecule has 0 spiro atoms. The third kappa shape index (κ3) is 6.20. The molecule has 0 aliphatic carbocycles. The molecule has 1 rings (SSSR count). The van der Waals surface area contributed by atoms with Gasteiger partial charge in [0.15, 0.2) is 0 Å². The lowest BCUT2D eigenvalue weighted by Crippen LogP contribution is -2.35. The minimum Gasteiger partial charge on any atom is -0.327 e. The van der Waals surface area contributed by atoms with E-state index >= 15 is 0 Å². The summed E-state index contributed by atoms with van der Waals surface area (Å²) in [7, 11) is 2.13. The molecule has 0 bridgehead atoms. The van der Waals surface area contributed by atoms with Gasteiger partial charge < -0.3 is 10.6 Å². The second-order valence-electron chi connectivity index (χ2n) is 5.21. The second kappa shape index (κ2) is 7.14. The van der Waals surface area contributed by atoms with Crippen LogP contribution in [0.4, 0.5) is 0 Å². The van der Waals surface area contributed by atoms with Crippen LogP contribution < -0.4 is 5.73 Å². The Morgan fingerprint density at radius 2 is 1.82 bits per heavy atom. The van der Waals surface area contributed by atoms with Crippen molar-refractivity contribution in [3.8, 4) is 0 Å². The number of nitrogens with two attached hydrogens (primary N) is 1. The van der Waals surface area contributed by atoms with E-state index in [0.717, 1.165) is 24.0 Å². The highest BCUT2D eigenvalue weighted by molar-refractivity contribution is 9.10. The zero-order valence-electron chi connectivity index (χ0n) is 11.0. The van der Waals surface area contributed by atoms with Gasteiger partial charge in [-0.1, -0.05) is 41.9 Å². The maximum Gasteiger partial charge on any atom is 0.0231 e. The van der Waals surface area contributed by atoms with E-state index in [2.05, 4.69) is 66.0 Å². The Balaban J connectivity index is 2.38. The van der Waals surface area contributed by atoms with Crippen LogP contribution in [0.2, 0.25) is 0 Å². The first-order valence-corrected chi connectivity index (χ1v) is 6.95. The molecular formula is C14H23BrN2. The van der Waals surface area contributed by atoms with E-state index in [-0.39, 0.29) is 6.04 Å². The van der Waals surface area contributed by atoms with Gasteiger partial charge in [-0.3, -0.25) is 0 Å². The van der Waals surface area contributed by atoms with Crippen molar-refractivity contribution in [2.24, 2.45) is 11.7 Å². The van der Waals surface area contributed by atoms with Gasteiger partial charge in [0.05, 0.1) is 0 Å². The monoisotopic (exact) mass is 298 g/mol. The van der Waals surface area contributed by atoms with Gasteiger partial charge in [-0.25, -0.2) is 0 Å². The topological polar surface area (TPSA) is 29.3 Å². The lowest BCUT2D eigenvalue weighted by molar-refractivity contribution is 0.287. The van der Waals surface area contributed by atoms with Crippen LogP contribution in [0.1, 0.15) is 25.8 Å². The van der Waals surface area contributed by atoms with Crippen LogP contribution in [0.5, 0.6) is 0 Å². The van der Waals surface area contributed by atoms with Crippen LogP contribution in [0.25, 0.3) is 0 Å². The molecule has 17 heavy (non-hydrogen) atoms. The van der Waals surface area contributed by atoms with Crippen molar-refractivity contribution in [3.63, 3.8) is 0 Å². The quantitative estimate of drug-likeness (QED) is 0.873. The van der Waals surface area contributed by atoms with Crippen molar-refractivity contribution in [1.29, 1.82) is 0 Å². The molecule has 1 unspecified atom stereocenters. The van der Waals surface area contributed by atoms with Gasteiger partial charge in [-0.05, 0) is 37.1 Å². The molecule has 0 fully saturated rings. The number of benzene rings is 1. The molecule has 0 aromatic heterocycles. The molecule has 0 saturated carbocycles. The summed E-state index contributed by atoms with van der Waals surface area (Å²) >= 11 is 3.45. The molecule has 96 valence electrons. The molecule has 0 amide bonds.